The largest absolute Gasteiger partial charge is 0.466 e. The molecule has 0 radical (unpaired) electrons. The fourth-order valence-corrected chi connectivity index (χ4v) is 4.07. The van der Waals surface area contributed by atoms with Gasteiger partial charge in [-0.25, -0.2) is 4.79 Å². The number of carbonyl (C=O) groups excluding carboxylic acids is 2. The molecule has 238 valence electrons. The quantitative estimate of drug-likeness (QED) is 0.0707. The highest BCUT2D eigenvalue weighted by Gasteiger charge is 2.04. The van der Waals surface area contributed by atoms with E-state index < -0.39 is 6.09 Å². The third-order valence-electron chi connectivity index (χ3n) is 6.55. The van der Waals surface area contributed by atoms with Crippen molar-refractivity contribution in [3.63, 3.8) is 0 Å². The van der Waals surface area contributed by atoms with Gasteiger partial charge in [0, 0.05) is 19.4 Å². The van der Waals surface area contributed by atoms with Crippen LogP contribution in [0.1, 0.15) is 150 Å². The number of amides is 1. The Morgan fingerprint density at radius 2 is 1.00 bits per heavy atom. The van der Waals surface area contributed by atoms with Crippen molar-refractivity contribution in [3.05, 3.63) is 0 Å². The molecular weight excluding hydrogens is 508 g/mol. The molecule has 0 aromatic carbocycles. The maximum Gasteiger partial charge on any atom is 0.404 e. The second kappa shape index (κ2) is 31.7. The lowest BCUT2D eigenvalue weighted by Crippen LogP contribution is -2.21. The van der Waals surface area contributed by atoms with Gasteiger partial charge in [-0.15, -0.1) is 0 Å². The lowest BCUT2D eigenvalue weighted by atomic mass is 10.0. The summed E-state index contributed by atoms with van der Waals surface area (Å²) >= 11 is 0. The van der Waals surface area contributed by atoms with E-state index in [-0.39, 0.29) is 11.9 Å². The van der Waals surface area contributed by atoms with Crippen LogP contribution in [0.4, 0.5) is 4.79 Å². The third kappa shape index (κ3) is 38.3. The van der Waals surface area contributed by atoms with Gasteiger partial charge in [-0.05, 0) is 56.9 Å². The van der Waals surface area contributed by atoms with E-state index in [0.717, 1.165) is 63.2 Å². The standard InChI is InChI=1S/C17H33NO4.C15H31NO2/c1-15(2)11-7-4-3-5-10-14-22-16(19)12-8-6-9-13-18-17(20)21;1-14(2)10-6-4-3-5-9-13-18-15(17)11-7-8-12-16/h15,18H,3-14H2,1-2H3,(H,20,21);14H,3-13,16H2,1-2H3. The maximum absolute atomic E-state index is 11.5. The zero-order valence-electron chi connectivity index (χ0n) is 26.5. The van der Waals surface area contributed by atoms with Crippen molar-refractivity contribution in [2.45, 2.75) is 150 Å². The first kappa shape index (κ1) is 40.3. The number of rotatable bonds is 26. The van der Waals surface area contributed by atoms with Gasteiger partial charge < -0.3 is 25.6 Å². The fraction of sp³-hybridized carbons (Fsp3) is 0.906. The van der Waals surface area contributed by atoms with Crippen molar-refractivity contribution in [2.75, 3.05) is 26.3 Å². The second-order valence-electron chi connectivity index (χ2n) is 11.6. The molecule has 8 heteroatoms. The summed E-state index contributed by atoms with van der Waals surface area (Å²) in [5, 5.41) is 10.7. The first-order chi connectivity index (χ1) is 19.2. The van der Waals surface area contributed by atoms with Crippen molar-refractivity contribution in [3.8, 4) is 0 Å². The minimum atomic E-state index is -0.997. The van der Waals surface area contributed by atoms with Crippen molar-refractivity contribution in [2.24, 2.45) is 17.6 Å². The van der Waals surface area contributed by atoms with Gasteiger partial charge in [-0.2, -0.15) is 0 Å². The smallest absolute Gasteiger partial charge is 0.404 e. The lowest BCUT2D eigenvalue weighted by molar-refractivity contribution is -0.144. The van der Waals surface area contributed by atoms with Crippen LogP contribution in [-0.4, -0.2) is 49.4 Å². The molecule has 0 spiro atoms. The minimum Gasteiger partial charge on any atom is -0.466 e. The topological polar surface area (TPSA) is 128 Å². The van der Waals surface area contributed by atoms with Crippen molar-refractivity contribution >= 4 is 18.0 Å². The second-order valence-corrected chi connectivity index (χ2v) is 11.6. The minimum absolute atomic E-state index is 0.0664. The van der Waals surface area contributed by atoms with E-state index in [2.05, 4.69) is 33.0 Å². The summed E-state index contributed by atoms with van der Waals surface area (Å²) in [7, 11) is 0. The maximum atomic E-state index is 11.5. The van der Waals surface area contributed by atoms with Crippen LogP contribution < -0.4 is 11.1 Å². The zero-order chi connectivity index (χ0) is 30.3. The average molecular weight is 573 g/mol. The predicted octanol–water partition coefficient (Wildman–Crippen LogP) is 8.01. The molecule has 0 rings (SSSR count). The monoisotopic (exact) mass is 572 g/mol. The summed E-state index contributed by atoms with van der Waals surface area (Å²) < 4.78 is 10.3. The highest BCUT2D eigenvalue weighted by molar-refractivity contribution is 5.69. The molecule has 0 aromatic heterocycles. The predicted molar refractivity (Wildman–Crippen MR) is 164 cm³/mol. The first-order valence-electron chi connectivity index (χ1n) is 16.2. The van der Waals surface area contributed by atoms with E-state index in [4.69, 9.17) is 20.3 Å². The fourth-order valence-electron chi connectivity index (χ4n) is 4.07. The summed E-state index contributed by atoms with van der Waals surface area (Å²) in [4.78, 5) is 32.9. The molecule has 0 aromatic rings. The van der Waals surface area contributed by atoms with Crippen LogP contribution in [0.3, 0.4) is 0 Å². The van der Waals surface area contributed by atoms with Gasteiger partial charge in [0.05, 0.1) is 13.2 Å². The van der Waals surface area contributed by atoms with E-state index in [9.17, 15) is 14.4 Å². The number of nitrogens with two attached hydrogens (primary N) is 1. The number of nitrogens with one attached hydrogen (secondary N) is 1. The van der Waals surface area contributed by atoms with Gasteiger partial charge in [-0.1, -0.05) is 98.3 Å². The molecule has 0 fully saturated rings. The SMILES string of the molecule is CC(C)CCCCCCCOC(=O)CCCCCNC(=O)O.CC(C)CCCCCCCOC(=O)CCCCN. The molecular formula is C32H64N2O6. The van der Waals surface area contributed by atoms with Crippen LogP contribution in [0.25, 0.3) is 0 Å². The van der Waals surface area contributed by atoms with Crippen LogP contribution in [0.5, 0.6) is 0 Å². The normalized spacial score (nSPS) is 10.8. The molecule has 1 amide bonds. The van der Waals surface area contributed by atoms with Crippen LogP contribution in [0.2, 0.25) is 0 Å². The summed E-state index contributed by atoms with van der Waals surface area (Å²) in [6.07, 6.45) is 18.7. The van der Waals surface area contributed by atoms with Gasteiger partial charge in [-0.3, -0.25) is 9.59 Å². The highest BCUT2D eigenvalue weighted by Crippen LogP contribution is 2.12. The number of esters is 2. The van der Waals surface area contributed by atoms with Crippen LogP contribution >= 0.6 is 0 Å². The third-order valence-corrected chi connectivity index (χ3v) is 6.55. The van der Waals surface area contributed by atoms with Gasteiger partial charge >= 0.3 is 18.0 Å². The number of carbonyl (C=O) groups is 3. The summed E-state index contributed by atoms with van der Waals surface area (Å²) in [5.74, 6) is 1.41. The molecule has 0 saturated heterocycles. The lowest BCUT2D eigenvalue weighted by Gasteiger charge is -2.06. The summed E-state index contributed by atoms with van der Waals surface area (Å²) in [6, 6.07) is 0. The molecule has 4 N–H and O–H groups in total. The Labute approximate surface area is 245 Å². The zero-order valence-corrected chi connectivity index (χ0v) is 26.5. The Bertz CT molecular complexity index is 584. The number of hydrogen-bond acceptors (Lipinski definition) is 6. The van der Waals surface area contributed by atoms with Gasteiger partial charge in [0.2, 0.25) is 0 Å². The number of unbranched alkanes of at least 4 members (excludes halogenated alkanes) is 11. The Balaban J connectivity index is 0. The number of carboxylic acid groups (broad SMARTS) is 1. The van der Waals surface area contributed by atoms with E-state index >= 15 is 0 Å². The molecule has 0 aliphatic heterocycles. The van der Waals surface area contributed by atoms with E-state index in [0.29, 0.717) is 39.1 Å². The molecule has 8 nitrogen and oxygen atoms in total. The Kier molecular flexibility index (Phi) is 31.9. The molecule has 0 aliphatic carbocycles. The molecule has 0 aliphatic rings. The van der Waals surface area contributed by atoms with E-state index in [1.165, 1.54) is 57.8 Å². The summed E-state index contributed by atoms with van der Waals surface area (Å²) in [6.45, 7) is 11.3. The van der Waals surface area contributed by atoms with Crippen molar-refractivity contribution in [1.82, 2.24) is 5.32 Å². The van der Waals surface area contributed by atoms with Crippen LogP contribution in [-0.2, 0) is 19.1 Å². The van der Waals surface area contributed by atoms with Crippen molar-refractivity contribution < 1.29 is 29.0 Å². The van der Waals surface area contributed by atoms with Crippen LogP contribution in [0.15, 0.2) is 0 Å². The molecule has 0 saturated carbocycles. The van der Waals surface area contributed by atoms with Gasteiger partial charge in [0.1, 0.15) is 0 Å². The first-order valence-corrected chi connectivity index (χ1v) is 16.2. The van der Waals surface area contributed by atoms with Gasteiger partial charge in [0.15, 0.2) is 0 Å². The molecule has 40 heavy (non-hydrogen) atoms. The molecule has 0 heterocycles. The molecule has 0 unspecified atom stereocenters. The Morgan fingerprint density at radius 3 is 1.43 bits per heavy atom. The van der Waals surface area contributed by atoms with E-state index in [1.54, 1.807) is 0 Å². The highest BCUT2D eigenvalue weighted by atomic mass is 16.5. The summed E-state index contributed by atoms with van der Waals surface area (Å²) in [5.41, 5.74) is 5.36. The van der Waals surface area contributed by atoms with Crippen LogP contribution in [0, 0.1) is 11.8 Å². The Morgan fingerprint density at radius 1 is 0.600 bits per heavy atom. The molecule has 0 bridgehead atoms. The number of ether oxygens (including phenoxy) is 2. The number of hydrogen-bond donors (Lipinski definition) is 3. The van der Waals surface area contributed by atoms with Gasteiger partial charge in [0.25, 0.3) is 0 Å². The Hall–Kier alpha value is -1.83. The van der Waals surface area contributed by atoms with E-state index in [1.807, 2.05) is 0 Å². The average Bonchev–Trinajstić information content (AvgIpc) is 2.89. The van der Waals surface area contributed by atoms with Crippen molar-refractivity contribution in [1.29, 1.82) is 0 Å². The molecule has 0 atom stereocenters.